The highest BCUT2D eigenvalue weighted by Gasteiger charge is 2.35. The maximum Gasteiger partial charge on any atom is 0.324 e. The van der Waals surface area contributed by atoms with Gasteiger partial charge < -0.3 is 15.0 Å². The number of urea groups is 1. The average molecular weight is 429 g/mol. The van der Waals surface area contributed by atoms with E-state index in [-0.39, 0.29) is 30.0 Å². The Morgan fingerprint density at radius 3 is 2.07 bits per heavy atom. The number of rotatable bonds is 2. The van der Waals surface area contributed by atoms with Gasteiger partial charge in [-0.25, -0.2) is 9.79 Å². The molecule has 0 radical (unpaired) electrons. The van der Waals surface area contributed by atoms with Crippen molar-refractivity contribution >= 4 is 24.4 Å². The lowest BCUT2D eigenvalue weighted by molar-refractivity contribution is 0.0603. The Morgan fingerprint density at radius 1 is 0.966 bits per heavy atom. The summed E-state index contributed by atoms with van der Waals surface area (Å²) in [5.74, 6) is 0.906. The number of halogens is 1. The van der Waals surface area contributed by atoms with Crippen LogP contribution in [-0.4, -0.2) is 65.7 Å². The molecule has 2 aliphatic carbocycles. The predicted molar refractivity (Wildman–Crippen MR) is 121 cm³/mol. The van der Waals surface area contributed by atoms with Gasteiger partial charge in [-0.05, 0) is 46.5 Å². The molecule has 2 amide bonds. The molecule has 1 aliphatic heterocycles. The summed E-state index contributed by atoms with van der Waals surface area (Å²) >= 11 is 0. The minimum atomic E-state index is -0.259. The molecular weight excluding hydrogens is 388 g/mol. The third-order valence-corrected chi connectivity index (χ3v) is 6.02. The Morgan fingerprint density at radius 2 is 1.52 bits per heavy atom. The second-order valence-electron chi connectivity index (χ2n) is 9.66. The number of nitrogens with one attached hydrogen (secondary N) is 1. The van der Waals surface area contributed by atoms with E-state index in [1.165, 1.54) is 38.5 Å². The number of hydrogen-bond acceptors (Lipinski definition) is 3. The van der Waals surface area contributed by atoms with Gasteiger partial charge in [0.1, 0.15) is 0 Å². The van der Waals surface area contributed by atoms with Crippen molar-refractivity contribution in [3.63, 3.8) is 0 Å². The summed E-state index contributed by atoms with van der Waals surface area (Å²) in [6.45, 7) is 9.21. The number of carbonyl (C=O) groups is 1. The summed E-state index contributed by atoms with van der Waals surface area (Å²) in [4.78, 5) is 23.0. The van der Waals surface area contributed by atoms with Gasteiger partial charge in [0.2, 0.25) is 5.96 Å². The van der Waals surface area contributed by atoms with Gasteiger partial charge >= 0.3 is 6.03 Å². The lowest BCUT2D eigenvalue weighted by Crippen LogP contribution is -2.60. The molecule has 7 heteroatoms. The van der Waals surface area contributed by atoms with Gasteiger partial charge in [-0.1, -0.05) is 38.5 Å². The van der Waals surface area contributed by atoms with E-state index < -0.39 is 0 Å². The van der Waals surface area contributed by atoms with Gasteiger partial charge in [-0.3, -0.25) is 4.90 Å². The first-order valence-electron chi connectivity index (χ1n) is 11.5. The largest absolute Gasteiger partial charge is 0.378 e. The molecule has 3 aliphatic rings. The van der Waals surface area contributed by atoms with Crippen LogP contribution in [0, 0.1) is 0 Å². The highest BCUT2D eigenvalue weighted by Crippen LogP contribution is 2.27. The summed E-state index contributed by atoms with van der Waals surface area (Å²) in [6, 6.07) is 0.613. The van der Waals surface area contributed by atoms with Gasteiger partial charge in [0.25, 0.3) is 0 Å². The fourth-order valence-corrected chi connectivity index (χ4v) is 4.57. The number of morpholine rings is 1. The Kier molecular flexibility index (Phi) is 9.54. The molecule has 1 N–H and O–H groups in total. The Hall–Kier alpha value is -1.01. The Labute approximate surface area is 183 Å². The van der Waals surface area contributed by atoms with Gasteiger partial charge in [0, 0.05) is 24.7 Å². The van der Waals surface area contributed by atoms with Crippen LogP contribution < -0.4 is 5.32 Å². The van der Waals surface area contributed by atoms with Crippen molar-refractivity contribution in [3.8, 4) is 0 Å². The van der Waals surface area contributed by atoms with Crippen molar-refractivity contribution in [1.82, 2.24) is 15.1 Å². The number of ether oxygens (including phenoxy) is 1. The number of aliphatic imine (C=N–C) groups is 1. The van der Waals surface area contributed by atoms with Crippen LogP contribution in [0.25, 0.3) is 0 Å². The number of guanidine groups is 1. The summed E-state index contributed by atoms with van der Waals surface area (Å²) in [5.41, 5.74) is -0.259. The lowest BCUT2D eigenvalue weighted by atomic mass is 9.94. The molecule has 6 nitrogen and oxygen atoms in total. The first-order chi connectivity index (χ1) is 13.4. The normalized spacial score (nSPS) is 22.7. The third-order valence-electron chi connectivity index (χ3n) is 6.02. The Balaban J connectivity index is 0.00000300. The Bertz CT molecular complexity index is 531. The van der Waals surface area contributed by atoms with Gasteiger partial charge in [0.15, 0.2) is 0 Å². The zero-order chi connectivity index (χ0) is 20.0. The molecule has 2 saturated carbocycles. The number of amides is 2. The van der Waals surface area contributed by atoms with Crippen molar-refractivity contribution < 1.29 is 9.53 Å². The van der Waals surface area contributed by atoms with E-state index in [0.717, 1.165) is 44.7 Å². The summed E-state index contributed by atoms with van der Waals surface area (Å²) in [7, 11) is 0. The third kappa shape index (κ3) is 7.32. The maximum atomic E-state index is 13.5. The molecule has 0 unspecified atom stereocenters. The van der Waals surface area contributed by atoms with Crippen LogP contribution in [0.2, 0.25) is 0 Å². The standard InChI is InChI=1S/C22H40N4O2.ClH/c1-22(2,3)24-21(27)26(19-12-8-5-9-13-19)20(25-14-16-28-17-15-25)23-18-10-6-4-7-11-18;/h18-19H,4-17H2,1-3H3,(H,24,27);1H. The number of carbonyl (C=O) groups excluding carboxylic acids is 1. The molecule has 0 aromatic carbocycles. The minimum Gasteiger partial charge on any atom is -0.378 e. The van der Waals surface area contributed by atoms with Crippen LogP contribution in [0.15, 0.2) is 4.99 Å². The van der Waals surface area contributed by atoms with Crippen LogP contribution in [0.3, 0.4) is 0 Å². The molecule has 0 aromatic rings. The zero-order valence-electron chi connectivity index (χ0n) is 18.6. The molecule has 1 heterocycles. The summed E-state index contributed by atoms with van der Waals surface area (Å²) < 4.78 is 5.59. The molecule has 0 spiro atoms. The van der Waals surface area contributed by atoms with E-state index in [0.29, 0.717) is 19.3 Å². The molecule has 3 fully saturated rings. The molecule has 0 aromatic heterocycles. The maximum absolute atomic E-state index is 13.5. The first-order valence-corrected chi connectivity index (χ1v) is 11.5. The van der Waals surface area contributed by atoms with E-state index in [1.807, 2.05) is 4.90 Å². The smallest absolute Gasteiger partial charge is 0.324 e. The SMILES string of the molecule is CC(C)(C)NC(=O)N(C(=NC1CCCCC1)N1CCOCC1)C1CCCCC1.Cl. The number of nitrogens with zero attached hydrogens (tertiary/aromatic N) is 3. The molecular formula is C22H41ClN4O2. The average Bonchev–Trinajstić information content (AvgIpc) is 2.68. The summed E-state index contributed by atoms with van der Waals surface area (Å²) in [5, 5.41) is 3.22. The van der Waals surface area contributed by atoms with E-state index in [4.69, 9.17) is 9.73 Å². The van der Waals surface area contributed by atoms with Crippen molar-refractivity contribution in [1.29, 1.82) is 0 Å². The zero-order valence-corrected chi connectivity index (χ0v) is 19.4. The number of hydrogen-bond donors (Lipinski definition) is 1. The molecule has 0 atom stereocenters. The fourth-order valence-electron chi connectivity index (χ4n) is 4.57. The van der Waals surface area contributed by atoms with Crippen molar-refractivity contribution in [2.75, 3.05) is 26.3 Å². The van der Waals surface area contributed by atoms with E-state index in [1.54, 1.807) is 0 Å². The summed E-state index contributed by atoms with van der Waals surface area (Å²) in [6.07, 6.45) is 11.9. The quantitative estimate of drug-likeness (QED) is 0.517. The van der Waals surface area contributed by atoms with Crippen LogP contribution >= 0.6 is 12.4 Å². The first kappa shape index (κ1) is 24.3. The van der Waals surface area contributed by atoms with Crippen LogP contribution in [0.5, 0.6) is 0 Å². The monoisotopic (exact) mass is 428 g/mol. The second kappa shape index (κ2) is 11.4. The minimum absolute atomic E-state index is 0. The van der Waals surface area contributed by atoms with Crippen molar-refractivity contribution in [2.45, 2.75) is 103 Å². The van der Waals surface area contributed by atoms with Gasteiger partial charge in [0.05, 0.1) is 19.3 Å². The lowest BCUT2D eigenvalue weighted by Gasteiger charge is -2.42. The van der Waals surface area contributed by atoms with E-state index in [2.05, 4.69) is 31.0 Å². The van der Waals surface area contributed by atoms with E-state index in [9.17, 15) is 4.79 Å². The molecule has 1 saturated heterocycles. The van der Waals surface area contributed by atoms with Crippen LogP contribution in [0.4, 0.5) is 4.79 Å². The fraction of sp³-hybridized carbons (Fsp3) is 0.909. The predicted octanol–water partition coefficient (Wildman–Crippen LogP) is 4.57. The molecule has 168 valence electrons. The van der Waals surface area contributed by atoms with Gasteiger partial charge in [-0.15, -0.1) is 12.4 Å². The molecule has 3 rings (SSSR count). The molecule has 0 bridgehead atoms. The molecule has 29 heavy (non-hydrogen) atoms. The van der Waals surface area contributed by atoms with Crippen molar-refractivity contribution in [3.05, 3.63) is 0 Å². The van der Waals surface area contributed by atoms with Gasteiger partial charge in [-0.2, -0.15) is 0 Å². The van der Waals surface area contributed by atoms with Crippen molar-refractivity contribution in [2.24, 2.45) is 4.99 Å². The van der Waals surface area contributed by atoms with E-state index >= 15 is 0 Å². The van der Waals surface area contributed by atoms with Crippen LogP contribution in [0.1, 0.15) is 85.0 Å². The topological polar surface area (TPSA) is 57.2 Å². The second-order valence-corrected chi connectivity index (χ2v) is 9.66. The van der Waals surface area contributed by atoms with Crippen LogP contribution in [-0.2, 0) is 4.74 Å². The highest BCUT2D eigenvalue weighted by atomic mass is 35.5. The highest BCUT2D eigenvalue weighted by molar-refractivity contribution is 5.97.